The zero-order valence-electron chi connectivity index (χ0n) is 10.5. The molecule has 0 aliphatic carbocycles. The van der Waals surface area contributed by atoms with E-state index in [4.69, 9.17) is 4.74 Å². The molecule has 0 saturated carbocycles. The topological polar surface area (TPSA) is 69.2 Å². The predicted molar refractivity (Wildman–Crippen MR) is 71.3 cm³/mol. The fourth-order valence-electron chi connectivity index (χ4n) is 1.42. The van der Waals surface area contributed by atoms with Crippen LogP contribution in [0.25, 0.3) is 10.7 Å². The van der Waals surface area contributed by atoms with Gasteiger partial charge in [-0.1, -0.05) is 0 Å². The molecule has 0 amide bonds. The number of pyridine rings is 1. The standard InChI is InChI=1S/C13H12N2O3S/c1-3-18-13(17)11-7-15-12(19-11)10-5-4-9(6-14-10)8(2)16/h4-7H,3H2,1-2H3. The van der Waals surface area contributed by atoms with E-state index in [9.17, 15) is 9.59 Å². The van der Waals surface area contributed by atoms with Crippen molar-refractivity contribution in [1.82, 2.24) is 9.97 Å². The van der Waals surface area contributed by atoms with Gasteiger partial charge in [0, 0.05) is 11.8 Å². The summed E-state index contributed by atoms with van der Waals surface area (Å²) in [6, 6.07) is 3.40. The number of thiazole rings is 1. The van der Waals surface area contributed by atoms with Crippen molar-refractivity contribution in [3.05, 3.63) is 35.0 Å². The fraction of sp³-hybridized carbons (Fsp3) is 0.231. The largest absolute Gasteiger partial charge is 0.462 e. The van der Waals surface area contributed by atoms with Crippen molar-refractivity contribution >= 4 is 23.1 Å². The molecule has 0 saturated heterocycles. The van der Waals surface area contributed by atoms with Gasteiger partial charge in [-0.15, -0.1) is 11.3 Å². The van der Waals surface area contributed by atoms with Crippen molar-refractivity contribution in [1.29, 1.82) is 0 Å². The van der Waals surface area contributed by atoms with Crippen LogP contribution in [-0.2, 0) is 4.74 Å². The van der Waals surface area contributed by atoms with E-state index >= 15 is 0 Å². The zero-order valence-corrected chi connectivity index (χ0v) is 11.4. The van der Waals surface area contributed by atoms with Crippen LogP contribution in [-0.4, -0.2) is 28.3 Å². The lowest BCUT2D eigenvalue weighted by Crippen LogP contribution is -2.01. The summed E-state index contributed by atoms with van der Waals surface area (Å²) in [5.74, 6) is -0.419. The van der Waals surface area contributed by atoms with Crippen molar-refractivity contribution < 1.29 is 14.3 Å². The Morgan fingerprint density at radius 3 is 2.63 bits per heavy atom. The summed E-state index contributed by atoms with van der Waals surface area (Å²) in [6.07, 6.45) is 2.97. The number of carbonyl (C=O) groups is 2. The predicted octanol–water partition coefficient (Wildman–Crippen LogP) is 2.58. The lowest BCUT2D eigenvalue weighted by atomic mass is 10.2. The number of Topliss-reactive ketones (excluding diaryl/α,β-unsaturated/α-hetero) is 1. The highest BCUT2D eigenvalue weighted by atomic mass is 32.1. The van der Waals surface area contributed by atoms with Gasteiger partial charge in [-0.2, -0.15) is 0 Å². The number of ether oxygens (including phenoxy) is 1. The van der Waals surface area contributed by atoms with Crippen LogP contribution in [0.2, 0.25) is 0 Å². The molecule has 0 aliphatic heterocycles. The maximum atomic E-state index is 11.5. The fourth-order valence-corrected chi connectivity index (χ4v) is 2.20. The Balaban J connectivity index is 2.23. The van der Waals surface area contributed by atoms with Crippen LogP contribution in [0.15, 0.2) is 24.5 Å². The lowest BCUT2D eigenvalue weighted by molar-refractivity contribution is 0.0531. The van der Waals surface area contributed by atoms with Crippen LogP contribution < -0.4 is 0 Å². The molecule has 2 rings (SSSR count). The molecule has 0 fully saturated rings. The summed E-state index contributed by atoms with van der Waals surface area (Å²) in [7, 11) is 0. The molecular weight excluding hydrogens is 264 g/mol. The van der Waals surface area contributed by atoms with Crippen LogP contribution in [0.3, 0.4) is 0 Å². The lowest BCUT2D eigenvalue weighted by Gasteiger charge is -1.97. The molecule has 2 aromatic rings. The third-order valence-electron chi connectivity index (χ3n) is 2.37. The number of hydrogen-bond donors (Lipinski definition) is 0. The van der Waals surface area contributed by atoms with E-state index in [2.05, 4.69) is 9.97 Å². The molecule has 19 heavy (non-hydrogen) atoms. The molecule has 0 bridgehead atoms. The molecule has 5 nitrogen and oxygen atoms in total. The maximum absolute atomic E-state index is 11.5. The maximum Gasteiger partial charge on any atom is 0.349 e. The quantitative estimate of drug-likeness (QED) is 0.634. The summed E-state index contributed by atoms with van der Waals surface area (Å²) in [5.41, 5.74) is 1.18. The first-order chi connectivity index (χ1) is 9.11. The number of hydrogen-bond acceptors (Lipinski definition) is 6. The Kier molecular flexibility index (Phi) is 4.01. The Morgan fingerprint density at radius 1 is 1.26 bits per heavy atom. The van der Waals surface area contributed by atoms with E-state index in [1.54, 1.807) is 19.1 Å². The van der Waals surface area contributed by atoms with Gasteiger partial charge in [0.25, 0.3) is 0 Å². The minimum absolute atomic E-state index is 0.0367. The summed E-state index contributed by atoms with van der Waals surface area (Å²) in [6.45, 7) is 3.57. The smallest absolute Gasteiger partial charge is 0.349 e. The molecule has 6 heteroatoms. The molecule has 0 aliphatic rings. The number of ketones is 1. The molecule has 0 unspecified atom stereocenters. The van der Waals surface area contributed by atoms with Crippen LogP contribution in [0, 0.1) is 0 Å². The van der Waals surface area contributed by atoms with Crippen molar-refractivity contribution in [3.8, 4) is 10.7 Å². The average Bonchev–Trinajstić information content (AvgIpc) is 2.89. The highest BCUT2D eigenvalue weighted by molar-refractivity contribution is 7.16. The molecule has 0 radical (unpaired) electrons. The second kappa shape index (κ2) is 5.71. The van der Waals surface area contributed by atoms with Gasteiger partial charge in [0.1, 0.15) is 9.88 Å². The number of rotatable bonds is 4. The average molecular weight is 276 g/mol. The summed E-state index contributed by atoms with van der Waals surface area (Å²) in [4.78, 5) is 31.4. The number of esters is 1. The first kappa shape index (κ1) is 13.4. The van der Waals surface area contributed by atoms with Gasteiger partial charge < -0.3 is 4.74 Å². The number of aromatic nitrogens is 2. The highest BCUT2D eigenvalue weighted by Gasteiger charge is 2.13. The van der Waals surface area contributed by atoms with Gasteiger partial charge in [0.2, 0.25) is 0 Å². The van der Waals surface area contributed by atoms with E-state index in [0.717, 1.165) is 0 Å². The SMILES string of the molecule is CCOC(=O)c1cnc(-c2ccc(C(C)=O)cn2)s1. The molecule has 98 valence electrons. The third kappa shape index (κ3) is 3.03. The Bertz CT molecular complexity index is 605. The number of carbonyl (C=O) groups excluding carboxylic acids is 2. The van der Waals surface area contributed by atoms with E-state index in [1.807, 2.05) is 0 Å². The number of nitrogens with zero attached hydrogens (tertiary/aromatic N) is 2. The van der Waals surface area contributed by atoms with Gasteiger partial charge in [0.15, 0.2) is 5.78 Å². The van der Waals surface area contributed by atoms with Gasteiger partial charge in [-0.25, -0.2) is 9.78 Å². The molecule has 0 aromatic carbocycles. The summed E-state index contributed by atoms with van der Waals surface area (Å²) in [5, 5.41) is 0.623. The van der Waals surface area contributed by atoms with Crippen molar-refractivity contribution in [2.45, 2.75) is 13.8 Å². The Labute approximate surface area is 114 Å². The first-order valence-corrected chi connectivity index (χ1v) is 6.53. The van der Waals surface area contributed by atoms with Crippen molar-refractivity contribution in [3.63, 3.8) is 0 Å². The zero-order chi connectivity index (χ0) is 13.8. The molecule has 2 aromatic heterocycles. The van der Waals surface area contributed by atoms with E-state index in [0.29, 0.717) is 27.7 Å². The van der Waals surface area contributed by atoms with Crippen LogP contribution in [0.1, 0.15) is 33.9 Å². The van der Waals surface area contributed by atoms with Gasteiger partial charge in [-0.05, 0) is 26.0 Å². The second-order valence-corrected chi connectivity index (χ2v) is 4.77. The summed E-state index contributed by atoms with van der Waals surface area (Å²) < 4.78 is 4.89. The Morgan fingerprint density at radius 2 is 2.05 bits per heavy atom. The molecule has 0 atom stereocenters. The molecular formula is C13H12N2O3S. The van der Waals surface area contributed by atoms with E-state index in [-0.39, 0.29) is 11.8 Å². The Hall–Kier alpha value is -2.08. The van der Waals surface area contributed by atoms with Gasteiger partial charge in [-0.3, -0.25) is 9.78 Å². The molecule has 0 N–H and O–H groups in total. The monoisotopic (exact) mass is 276 g/mol. The van der Waals surface area contributed by atoms with Crippen LogP contribution >= 0.6 is 11.3 Å². The van der Waals surface area contributed by atoms with Crippen molar-refractivity contribution in [2.75, 3.05) is 6.61 Å². The molecule has 0 spiro atoms. The second-order valence-electron chi connectivity index (χ2n) is 3.74. The minimum Gasteiger partial charge on any atom is -0.462 e. The first-order valence-electron chi connectivity index (χ1n) is 5.72. The van der Waals surface area contributed by atoms with Crippen LogP contribution in [0.4, 0.5) is 0 Å². The van der Waals surface area contributed by atoms with E-state index < -0.39 is 0 Å². The normalized spacial score (nSPS) is 10.2. The third-order valence-corrected chi connectivity index (χ3v) is 3.37. The minimum atomic E-state index is -0.383. The summed E-state index contributed by atoms with van der Waals surface area (Å²) >= 11 is 1.22. The van der Waals surface area contributed by atoms with E-state index in [1.165, 1.54) is 30.7 Å². The highest BCUT2D eigenvalue weighted by Crippen LogP contribution is 2.24. The van der Waals surface area contributed by atoms with Crippen molar-refractivity contribution in [2.24, 2.45) is 0 Å². The van der Waals surface area contributed by atoms with Gasteiger partial charge in [0.05, 0.1) is 18.5 Å². The molecule has 2 heterocycles. The van der Waals surface area contributed by atoms with Gasteiger partial charge >= 0.3 is 5.97 Å². The van der Waals surface area contributed by atoms with Crippen LogP contribution in [0.5, 0.6) is 0 Å².